The Bertz CT molecular complexity index is 809. The molecule has 0 fully saturated rings. The van der Waals surface area contributed by atoms with Crippen molar-refractivity contribution < 1.29 is 14.3 Å². The highest BCUT2D eigenvalue weighted by molar-refractivity contribution is 5.85. The van der Waals surface area contributed by atoms with Crippen LogP contribution in [0.25, 0.3) is 11.1 Å². The Morgan fingerprint density at radius 3 is 2.30 bits per heavy atom. The molecule has 0 aromatic heterocycles. The predicted octanol–water partition coefficient (Wildman–Crippen LogP) is 4.19. The Balaban J connectivity index is 1.93. The van der Waals surface area contributed by atoms with Gasteiger partial charge in [-0.1, -0.05) is 48.0 Å². The number of alkyl carbamates (subject to hydrolysis) is 1. The van der Waals surface area contributed by atoms with E-state index in [1.165, 1.54) is 5.56 Å². The predicted molar refractivity (Wildman–Crippen MR) is 107 cm³/mol. The third-order valence-corrected chi connectivity index (χ3v) is 3.87. The number of carbonyl (C=O) groups is 2. The molecule has 0 aliphatic heterocycles. The average Bonchev–Trinajstić information content (AvgIpc) is 2.58. The summed E-state index contributed by atoms with van der Waals surface area (Å²) in [5.41, 5.74) is 3.84. The first-order chi connectivity index (χ1) is 12.6. The number of amides is 2. The third-order valence-electron chi connectivity index (χ3n) is 3.87. The minimum atomic E-state index is -0.681. The summed E-state index contributed by atoms with van der Waals surface area (Å²) in [6.07, 6.45) is -0.605. The first kappa shape index (κ1) is 20.5. The lowest BCUT2D eigenvalue weighted by Gasteiger charge is -2.21. The summed E-state index contributed by atoms with van der Waals surface area (Å²) in [5.74, 6) is -0.262. The molecular formula is C22H28N2O3. The second-order valence-electron chi connectivity index (χ2n) is 7.66. The zero-order valence-corrected chi connectivity index (χ0v) is 16.6. The van der Waals surface area contributed by atoms with E-state index in [0.717, 1.165) is 16.7 Å². The zero-order valence-electron chi connectivity index (χ0n) is 16.6. The van der Waals surface area contributed by atoms with Crippen LogP contribution in [0.3, 0.4) is 0 Å². The van der Waals surface area contributed by atoms with Gasteiger partial charge in [0, 0.05) is 6.54 Å². The van der Waals surface area contributed by atoms with Crippen LogP contribution in [-0.2, 0) is 16.1 Å². The fourth-order valence-electron chi connectivity index (χ4n) is 2.58. The summed E-state index contributed by atoms with van der Waals surface area (Å²) in [5, 5.41) is 5.39. The molecule has 144 valence electrons. The van der Waals surface area contributed by atoms with Gasteiger partial charge < -0.3 is 15.4 Å². The average molecular weight is 368 g/mol. The van der Waals surface area contributed by atoms with Gasteiger partial charge in [0.1, 0.15) is 11.6 Å². The highest BCUT2D eigenvalue weighted by Gasteiger charge is 2.20. The van der Waals surface area contributed by atoms with Crippen LogP contribution in [0.15, 0.2) is 48.5 Å². The molecule has 0 aliphatic rings. The molecule has 0 radical (unpaired) electrons. The van der Waals surface area contributed by atoms with Crippen LogP contribution in [0.1, 0.15) is 38.8 Å². The van der Waals surface area contributed by atoms with Crippen LogP contribution < -0.4 is 10.6 Å². The van der Waals surface area contributed by atoms with Gasteiger partial charge in [0.05, 0.1) is 0 Å². The highest BCUT2D eigenvalue weighted by Crippen LogP contribution is 2.21. The van der Waals surface area contributed by atoms with Crippen molar-refractivity contribution in [2.45, 2.75) is 52.8 Å². The first-order valence-corrected chi connectivity index (χ1v) is 9.07. The van der Waals surface area contributed by atoms with E-state index >= 15 is 0 Å². The molecule has 2 N–H and O–H groups in total. The number of aryl methyl sites for hydroxylation is 1. The van der Waals surface area contributed by atoms with Gasteiger partial charge in [-0.15, -0.1) is 0 Å². The Kier molecular flexibility index (Phi) is 6.61. The minimum absolute atomic E-state index is 0.262. The molecular weight excluding hydrogens is 340 g/mol. The summed E-state index contributed by atoms with van der Waals surface area (Å²) < 4.78 is 5.17. The van der Waals surface area contributed by atoms with Gasteiger partial charge in [0.25, 0.3) is 0 Å². The second-order valence-corrected chi connectivity index (χ2v) is 7.66. The Morgan fingerprint density at radius 2 is 1.67 bits per heavy atom. The summed E-state index contributed by atoms with van der Waals surface area (Å²) >= 11 is 0. The minimum Gasteiger partial charge on any atom is -0.444 e. The molecule has 0 unspecified atom stereocenters. The SMILES string of the molecule is Cc1cccc(-c2cccc(CNC(=O)[C@@H](C)NC(=O)OC(C)(C)C)c2)c1. The number of benzene rings is 2. The number of nitrogens with one attached hydrogen (secondary N) is 2. The van der Waals surface area contributed by atoms with Crippen molar-refractivity contribution in [2.24, 2.45) is 0 Å². The van der Waals surface area contributed by atoms with E-state index < -0.39 is 17.7 Å². The third kappa shape index (κ3) is 6.77. The quantitative estimate of drug-likeness (QED) is 0.831. The number of hydrogen-bond donors (Lipinski definition) is 2. The van der Waals surface area contributed by atoms with Crippen molar-refractivity contribution in [2.75, 3.05) is 0 Å². The molecule has 0 aliphatic carbocycles. The Morgan fingerprint density at radius 1 is 1.04 bits per heavy atom. The topological polar surface area (TPSA) is 67.4 Å². The van der Waals surface area contributed by atoms with E-state index in [2.05, 4.69) is 41.8 Å². The molecule has 5 heteroatoms. The fraction of sp³-hybridized carbons (Fsp3) is 0.364. The Hall–Kier alpha value is -2.82. The van der Waals surface area contributed by atoms with Crippen molar-refractivity contribution in [3.8, 4) is 11.1 Å². The maximum Gasteiger partial charge on any atom is 0.408 e. The van der Waals surface area contributed by atoms with Gasteiger partial charge in [-0.05, 0) is 57.4 Å². The number of hydrogen-bond acceptors (Lipinski definition) is 3. The standard InChI is InChI=1S/C22H28N2O3/c1-15-8-6-10-18(12-15)19-11-7-9-17(13-19)14-23-20(25)16(2)24-21(26)27-22(3,4)5/h6-13,16H,14H2,1-5H3,(H,23,25)(H,24,26)/t16-/m1/s1. The van der Waals surface area contributed by atoms with Crippen molar-refractivity contribution in [3.05, 3.63) is 59.7 Å². The van der Waals surface area contributed by atoms with Crippen LogP contribution >= 0.6 is 0 Å². The van der Waals surface area contributed by atoms with E-state index in [0.29, 0.717) is 6.54 Å². The fourth-order valence-corrected chi connectivity index (χ4v) is 2.58. The highest BCUT2D eigenvalue weighted by atomic mass is 16.6. The molecule has 5 nitrogen and oxygen atoms in total. The monoisotopic (exact) mass is 368 g/mol. The van der Waals surface area contributed by atoms with Gasteiger partial charge in [-0.3, -0.25) is 4.79 Å². The lowest BCUT2D eigenvalue weighted by molar-refractivity contribution is -0.122. The Labute approximate surface area is 161 Å². The van der Waals surface area contributed by atoms with Crippen LogP contribution in [0, 0.1) is 6.92 Å². The largest absolute Gasteiger partial charge is 0.444 e. The molecule has 2 aromatic carbocycles. The summed E-state index contributed by atoms with van der Waals surface area (Å²) in [7, 11) is 0. The molecule has 0 saturated carbocycles. The molecule has 1 atom stereocenters. The maximum atomic E-state index is 12.2. The maximum absolute atomic E-state index is 12.2. The van der Waals surface area contributed by atoms with E-state index in [1.807, 2.05) is 24.3 Å². The van der Waals surface area contributed by atoms with E-state index in [9.17, 15) is 9.59 Å². The van der Waals surface area contributed by atoms with Crippen molar-refractivity contribution >= 4 is 12.0 Å². The van der Waals surface area contributed by atoms with Gasteiger partial charge >= 0.3 is 6.09 Å². The van der Waals surface area contributed by atoms with Gasteiger partial charge in [-0.25, -0.2) is 4.79 Å². The molecule has 0 spiro atoms. The van der Waals surface area contributed by atoms with E-state index in [-0.39, 0.29) is 5.91 Å². The summed E-state index contributed by atoms with van der Waals surface area (Å²) in [6.45, 7) is 9.41. The number of ether oxygens (including phenoxy) is 1. The normalized spacial score (nSPS) is 12.2. The first-order valence-electron chi connectivity index (χ1n) is 9.07. The number of rotatable bonds is 5. The smallest absolute Gasteiger partial charge is 0.408 e. The molecule has 2 aromatic rings. The van der Waals surface area contributed by atoms with E-state index in [4.69, 9.17) is 4.74 Å². The lowest BCUT2D eigenvalue weighted by Crippen LogP contribution is -2.46. The number of carbonyl (C=O) groups excluding carboxylic acids is 2. The van der Waals surface area contributed by atoms with Crippen LogP contribution in [0.5, 0.6) is 0 Å². The van der Waals surface area contributed by atoms with E-state index in [1.54, 1.807) is 27.7 Å². The molecule has 0 saturated heterocycles. The summed E-state index contributed by atoms with van der Waals surface area (Å²) in [4.78, 5) is 24.0. The van der Waals surface area contributed by atoms with Crippen LogP contribution in [0.4, 0.5) is 4.79 Å². The lowest BCUT2D eigenvalue weighted by atomic mass is 10.0. The van der Waals surface area contributed by atoms with Gasteiger partial charge in [0.15, 0.2) is 0 Å². The zero-order chi connectivity index (χ0) is 20.0. The van der Waals surface area contributed by atoms with Crippen LogP contribution in [-0.4, -0.2) is 23.6 Å². The van der Waals surface area contributed by atoms with Gasteiger partial charge in [-0.2, -0.15) is 0 Å². The summed E-state index contributed by atoms with van der Waals surface area (Å²) in [6, 6.07) is 15.7. The molecule has 0 heterocycles. The molecule has 2 amide bonds. The van der Waals surface area contributed by atoms with Crippen molar-refractivity contribution in [1.29, 1.82) is 0 Å². The van der Waals surface area contributed by atoms with Gasteiger partial charge in [0.2, 0.25) is 5.91 Å². The molecule has 0 bridgehead atoms. The molecule has 2 rings (SSSR count). The van der Waals surface area contributed by atoms with Crippen LogP contribution in [0.2, 0.25) is 0 Å². The molecule has 27 heavy (non-hydrogen) atoms. The second kappa shape index (κ2) is 8.71. The van der Waals surface area contributed by atoms with Crippen molar-refractivity contribution in [1.82, 2.24) is 10.6 Å². The van der Waals surface area contributed by atoms with Crippen molar-refractivity contribution in [3.63, 3.8) is 0 Å².